The highest BCUT2D eigenvalue weighted by atomic mass is 16.5. The molecule has 25 heavy (non-hydrogen) atoms. The third-order valence-corrected chi connectivity index (χ3v) is 3.30. The van der Waals surface area contributed by atoms with E-state index in [1.165, 1.54) is 19.2 Å². The average Bonchev–Trinajstić information content (AvgIpc) is 3.06. The van der Waals surface area contributed by atoms with Gasteiger partial charge in [0.05, 0.1) is 25.8 Å². The Morgan fingerprint density at radius 3 is 2.60 bits per heavy atom. The maximum atomic E-state index is 12.4. The first-order valence-electron chi connectivity index (χ1n) is 7.81. The summed E-state index contributed by atoms with van der Waals surface area (Å²) in [6.45, 7) is 4.56. The van der Waals surface area contributed by atoms with Crippen molar-refractivity contribution >= 4 is 11.9 Å². The maximum absolute atomic E-state index is 12.4. The van der Waals surface area contributed by atoms with Gasteiger partial charge in [-0.1, -0.05) is 13.8 Å². The molecule has 0 saturated heterocycles. The van der Waals surface area contributed by atoms with Crippen LogP contribution < -0.4 is 14.8 Å². The Balaban J connectivity index is 2.09. The molecule has 0 unspecified atom stereocenters. The number of carboxylic acids is 1. The Kier molecular flexibility index (Phi) is 6.05. The molecule has 1 amide bonds. The minimum atomic E-state index is -1.16. The van der Waals surface area contributed by atoms with Crippen LogP contribution in [-0.2, 0) is 6.54 Å². The summed E-state index contributed by atoms with van der Waals surface area (Å²) in [4.78, 5) is 23.2. The number of benzene rings is 1. The third-order valence-electron chi connectivity index (χ3n) is 3.30. The topological polar surface area (TPSA) is 98.0 Å². The Morgan fingerprint density at radius 2 is 2.00 bits per heavy atom. The largest absolute Gasteiger partial charge is 0.497 e. The third kappa shape index (κ3) is 5.00. The number of rotatable bonds is 8. The molecule has 1 aromatic heterocycles. The van der Waals surface area contributed by atoms with E-state index in [2.05, 4.69) is 5.32 Å². The lowest BCUT2D eigenvalue weighted by Gasteiger charge is -2.14. The lowest BCUT2D eigenvalue weighted by Crippen LogP contribution is -2.23. The predicted octanol–water partition coefficient (Wildman–Crippen LogP) is 2.95. The fraction of sp³-hybridized carbons (Fsp3) is 0.333. The van der Waals surface area contributed by atoms with E-state index in [0.29, 0.717) is 35.3 Å². The highest BCUT2D eigenvalue weighted by molar-refractivity contribution is 5.97. The monoisotopic (exact) mass is 347 g/mol. The van der Waals surface area contributed by atoms with Crippen LogP contribution in [0, 0.1) is 5.92 Å². The highest BCUT2D eigenvalue weighted by Gasteiger charge is 2.15. The van der Waals surface area contributed by atoms with Crippen molar-refractivity contribution in [3.05, 3.63) is 47.4 Å². The van der Waals surface area contributed by atoms with Crippen LogP contribution in [0.2, 0.25) is 0 Å². The normalized spacial score (nSPS) is 10.6. The van der Waals surface area contributed by atoms with Crippen molar-refractivity contribution in [2.45, 2.75) is 20.4 Å². The van der Waals surface area contributed by atoms with Gasteiger partial charge in [0, 0.05) is 6.07 Å². The van der Waals surface area contributed by atoms with Gasteiger partial charge in [0.2, 0.25) is 5.76 Å². The molecule has 2 N–H and O–H groups in total. The van der Waals surface area contributed by atoms with Gasteiger partial charge in [-0.3, -0.25) is 4.79 Å². The van der Waals surface area contributed by atoms with Crippen LogP contribution >= 0.6 is 0 Å². The Hall–Kier alpha value is -2.96. The minimum Gasteiger partial charge on any atom is -0.497 e. The number of methoxy groups -OCH3 is 1. The van der Waals surface area contributed by atoms with Crippen LogP contribution in [0.4, 0.5) is 0 Å². The van der Waals surface area contributed by atoms with Crippen LogP contribution in [0.15, 0.2) is 34.7 Å². The summed E-state index contributed by atoms with van der Waals surface area (Å²) in [5.41, 5.74) is 0.367. The molecule has 7 heteroatoms. The summed E-state index contributed by atoms with van der Waals surface area (Å²) >= 11 is 0. The molecule has 2 rings (SSSR count). The molecular formula is C18H21NO6. The van der Waals surface area contributed by atoms with E-state index in [-0.39, 0.29) is 18.2 Å². The van der Waals surface area contributed by atoms with E-state index in [4.69, 9.17) is 19.0 Å². The molecule has 0 fully saturated rings. The zero-order valence-electron chi connectivity index (χ0n) is 14.4. The van der Waals surface area contributed by atoms with Crippen molar-refractivity contribution in [2.75, 3.05) is 13.7 Å². The molecule has 2 aromatic rings. The van der Waals surface area contributed by atoms with Crippen LogP contribution in [0.3, 0.4) is 0 Å². The van der Waals surface area contributed by atoms with Crippen LogP contribution in [0.25, 0.3) is 0 Å². The number of carbonyl (C=O) groups is 2. The molecule has 0 aliphatic rings. The van der Waals surface area contributed by atoms with Crippen molar-refractivity contribution in [3.63, 3.8) is 0 Å². The van der Waals surface area contributed by atoms with Crippen molar-refractivity contribution in [1.29, 1.82) is 0 Å². The number of nitrogens with one attached hydrogen (secondary N) is 1. The smallest absolute Gasteiger partial charge is 0.371 e. The number of hydrogen-bond donors (Lipinski definition) is 2. The van der Waals surface area contributed by atoms with Crippen LogP contribution in [-0.4, -0.2) is 30.7 Å². The van der Waals surface area contributed by atoms with E-state index in [1.807, 2.05) is 13.8 Å². The van der Waals surface area contributed by atoms with Gasteiger partial charge >= 0.3 is 5.97 Å². The fourth-order valence-corrected chi connectivity index (χ4v) is 2.04. The molecule has 0 aliphatic carbocycles. The molecule has 0 spiro atoms. The number of aromatic carboxylic acids is 1. The highest BCUT2D eigenvalue weighted by Crippen LogP contribution is 2.25. The summed E-state index contributed by atoms with van der Waals surface area (Å²) in [5.74, 6) is -0.00585. The molecule has 134 valence electrons. The van der Waals surface area contributed by atoms with Crippen molar-refractivity contribution in [1.82, 2.24) is 5.32 Å². The molecular weight excluding hydrogens is 326 g/mol. The SMILES string of the molecule is COc1ccc(C(=O)NCc2ccc(C(=O)O)o2)c(OCC(C)C)c1. The van der Waals surface area contributed by atoms with Crippen molar-refractivity contribution in [2.24, 2.45) is 5.92 Å². The van der Waals surface area contributed by atoms with Gasteiger partial charge in [0.25, 0.3) is 5.91 Å². The molecule has 7 nitrogen and oxygen atoms in total. The van der Waals surface area contributed by atoms with Gasteiger partial charge in [-0.2, -0.15) is 0 Å². The van der Waals surface area contributed by atoms with Gasteiger partial charge in [0.15, 0.2) is 0 Å². The van der Waals surface area contributed by atoms with Gasteiger partial charge in [-0.05, 0) is 30.2 Å². The summed E-state index contributed by atoms with van der Waals surface area (Å²) < 4.78 is 16.0. The van der Waals surface area contributed by atoms with Gasteiger partial charge in [-0.15, -0.1) is 0 Å². The Bertz CT molecular complexity index is 750. The molecule has 1 heterocycles. The van der Waals surface area contributed by atoms with Crippen LogP contribution in [0.1, 0.15) is 40.5 Å². The van der Waals surface area contributed by atoms with E-state index in [0.717, 1.165) is 0 Å². The van der Waals surface area contributed by atoms with Gasteiger partial charge < -0.3 is 24.3 Å². The van der Waals surface area contributed by atoms with Crippen LogP contribution in [0.5, 0.6) is 11.5 Å². The minimum absolute atomic E-state index is 0.0712. The van der Waals surface area contributed by atoms with Gasteiger partial charge in [0.1, 0.15) is 17.3 Å². The second kappa shape index (κ2) is 8.23. The summed E-state index contributed by atoms with van der Waals surface area (Å²) in [6.07, 6.45) is 0. The number of hydrogen-bond acceptors (Lipinski definition) is 5. The molecule has 1 aromatic carbocycles. The standard InChI is InChI=1S/C18H21NO6/c1-11(2)10-24-16-8-12(23-3)4-6-14(16)17(20)19-9-13-5-7-15(25-13)18(21)22/h4-8,11H,9-10H2,1-3H3,(H,19,20)(H,21,22). The summed E-state index contributed by atoms with van der Waals surface area (Å²) in [5, 5.41) is 11.5. The predicted molar refractivity (Wildman–Crippen MR) is 90.2 cm³/mol. The molecule has 0 atom stereocenters. The number of amides is 1. The second-order valence-corrected chi connectivity index (χ2v) is 5.82. The van der Waals surface area contributed by atoms with E-state index in [1.54, 1.807) is 18.2 Å². The zero-order valence-corrected chi connectivity index (χ0v) is 14.4. The molecule has 0 aliphatic heterocycles. The lowest BCUT2D eigenvalue weighted by molar-refractivity contribution is 0.0660. The fourth-order valence-electron chi connectivity index (χ4n) is 2.04. The molecule has 0 radical (unpaired) electrons. The number of carbonyl (C=O) groups excluding carboxylic acids is 1. The van der Waals surface area contributed by atoms with E-state index >= 15 is 0 Å². The second-order valence-electron chi connectivity index (χ2n) is 5.82. The van der Waals surface area contributed by atoms with E-state index in [9.17, 15) is 9.59 Å². The first kappa shape index (κ1) is 18.4. The zero-order chi connectivity index (χ0) is 18.4. The maximum Gasteiger partial charge on any atom is 0.371 e. The molecule has 0 saturated carbocycles. The van der Waals surface area contributed by atoms with E-state index < -0.39 is 5.97 Å². The first-order valence-corrected chi connectivity index (χ1v) is 7.81. The number of furan rings is 1. The van der Waals surface area contributed by atoms with Crippen molar-refractivity contribution in [3.8, 4) is 11.5 Å². The quantitative estimate of drug-likeness (QED) is 0.762. The first-order chi connectivity index (χ1) is 11.9. The number of ether oxygens (including phenoxy) is 2. The van der Waals surface area contributed by atoms with Crippen molar-refractivity contribution < 1.29 is 28.6 Å². The number of carboxylic acid groups (broad SMARTS) is 1. The summed E-state index contributed by atoms with van der Waals surface area (Å²) in [7, 11) is 1.54. The Labute approximate surface area is 145 Å². The molecule has 0 bridgehead atoms. The average molecular weight is 347 g/mol. The lowest BCUT2D eigenvalue weighted by atomic mass is 10.1. The summed E-state index contributed by atoms with van der Waals surface area (Å²) in [6, 6.07) is 7.80. The Morgan fingerprint density at radius 1 is 1.24 bits per heavy atom. The van der Waals surface area contributed by atoms with Gasteiger partial charge in [-0.25, -0.2) is 4.79 Å².